The summed E-state index contributed by atoms with van der Waals surface area (Å²) in [5, 5.41) is 2.54. The normalized spacial score (nSPS) is 20.2. The van der Waals surface area contributed by atoms with E-state index in [9.17, 15) is 18.4 Å². The predicted octanol–water partition coefficient (Wildman–Crippen LogP) is 1.67. The van der Waals surface area contributed by atoms with Crippen molar-refractivity contribution in [3.05, 3.63) is 35.4 Å². The molecule has 2 rings (SSSR count). The average Bonchev–Trinajstić information content (AvgIpc) is 2.94. The van der Waals surface area contributed by atoms with Crippen LogP contribution >= 0.6 is 0 Å². The standard InChI is InChI=1S/C17H23F2N3O2/c1-17(10-20)6-8-22(11-17)15(23)3-2-7-21-16(24)13-5-4-12(18)9-14(13)19/h4-5,9H,2-3,6-8,10-11,20H2,1H3,(H,21,24). The van der Waals surface area contributed by atoms with Gasteiger partial charge in [0.25, 0.3) is 5.91 Å². The van der Waals surface area contributed by atoms with Crippen LogP contribution in [0.15, 0.2) is 18.2 Å². The van der Waals surface area contributed by atoms with E-state index in [0.717, 1.165) is 18.6 Å². The maximum Gasteiger partial charge on any atom is 0.254 e. The lowest BCUT2D eigenvalue weighted by Gasteiger charge is -2.22. The number of benzene rings is 1. The molecular formula is C17H23F2N3O2. The predicted molar refractivity (Wildman–Crippen MR) is 86.3 cm³/mol. The number of hydrogen-bond acceptors (Lipinski definition) is 3. The van der Waals surface area contributed by atoms with Crippen LogP contribution in [0, 0.1) is 17.0 Å². The van der Waals surface area contributed by atoms with Gasteiger partial charge in [-0.1, -0.05) is 6.92 Å². The van der Waals surface area contributed by atoms with Crippen molar-refractivity contribution in [2.45, 2.75) is 26.2 Å². The van der Waals surface area contributed by atoms with Crippen LogP contribution in [0.1, 0.15) is 36.5 Å². The van der Waals surface area contributed by atoms with Crippen LogP contribution in [0.3, 0.4) is 0 Å². The number of likely N-dealkylation sites (tertiary alicyclic amines) is 1. The van der Waals surface area contributed by atoms with Gasteiger partial charge in [-0.3, -0.25) is 9.59 Å². The van der Waals surface area contributed by atoms with Gasteiger partial charge in [0.2, 0.25) is 5.91 Å². The lowest BCUT2D eigenvalue weighted by Crippen LogP contribution is -2.35. The van der Waals surface area contributed by atoms with E-state index in [1.165, 1.54) is 0 Å². The molecule has 7 heteroatoms. The summed E-state index contributed by atoms with van der Waals surface area (Å²) < 4.78 is 26.3. The number of halogens is 2. The van der Waals surface area contributed by atoms with E-state index in [0.29, 0.717) is 38.5 Å². The van der Waals surface area contributed by atoms with Crippen LogP contribution in [0.5, 0.6) is 0 Å². The topological polar surface area (TPSA) is 75.4 Å². The van der Waals surface area contributed by atoms with Crippen molar-refractivity contribution >= 4 is 11.8 Å². The van der Waals surface area contributed by atoms with Crippen molar-refractivity contribution < 1.29 is 18.4 Å². The molecule has 5 nitrogen and oxygen atoms in total. The molecule has 1 fully saturated rings. The maximum absolute atomic E-state index is 13.5. The molecule has 24 heavy (non-hydrogen) atoms. The minimum atomic E-state index is -0.901. The Labute approximate surface area is 140 Å². The molecule has 1 aliphatic rings. The van der Waals surface area contributed by atoms with E-state index < -0.39 is 17.5 Å². The fourth-order valence-corrected chi connectivity index (χ4v) is 2.77. The first-order chi connectivity index (χ1) is 11.3. The average molecular weight is 339 g/mol. The van der Waals surface area contributed by atoms with E-state index in [-0.39, 0.29) is 23.4 Å². The van der Waals surface area contributed by atoms with Crippen molar-refractivity contribution in [1.82, 2.24) is 10.2 Å². The van der Waals surface area contributed by atoms with E-state index >= 15 is 0 Å². The first-order valence-corrected chi connectivity index (χ1v) is 8.06. The van der Waals surface area contributed by atoms with Gasteiger partial charge in [0, 0.05) is 32.1 Å². The zero-order valence-electron chi connectivity index (χ0n) is 13.8. The second-order valence-electron chi connectivity index (χ2n) is 6.56. The molecular weight excluding hydrogens is 316 g/mol. The lowest BCUT2D eigenvalue weighted by molar-refractivity contribution is -0.130. The Morgan fingerprint density at radius 1 is 1.38 bits per heavy atom. The summed E-state index contributed by atoms with van der Waals surface area (Å²) in [6, 6.07) is 2.80. The zero-order chi connectivity index (χ0) is 17.7. The summed E-state index contributed by atoms with van der Waals surface area (Å²) >= 11 is 0. The second-order valence-corrected chi connectivity index (χ2v) is 6.56. The molecule has 1 aromatic carbocycles. The molecule has 3 N–H and O–H groups in total. The Bertz CT molecular complexity index is 624. The molecule has 0 saturated carbocycles. The van der Waals surface area contributed by atoms with Gasteiger partial charge < -0.3 is 16.0 Å². The molecule has 132 valence electrons. The van der Waals surface area contributed by atoms with Gasteiger partial charge in [0.1, 0.15) is 11.6 Å². The molecule has 1 aliphatic heterocycles. The number of nitrogens with zero attached hydrogens (tertiary/aromatic N) is 1. The van der Waals surface area contributed by atoms with Gasteiger partial charge in [0.05, 0.1) is 5.56 Å². The first kappa shape index (κ1) is 18.3. The Hall–Kier alpha value is -2.02. The minimum Gasteiger partial charge on any atom is -0.352 e. The van der Waals surface area contributed by atoms with Crippen LogP contribution in [0.2, 0.25) is 0 Å². The third-order valence-corrected chi connectivity index (χ3v) is 4.43. The molecule has 1 atom stereocenters. The quantitative estimate of drug-likeness (QED) is 0.774. The number of rotatable bonds is 6. The third kappa shape index (κ3) is 4.50. The van der Waals surface area contributed by atoms with Crippen molar-refractivity contribution in [2.75, 3.05) is 26.2 Å². The van der Waals surface area contributed by atoms with Crippen LogP contribution in [0.4, 0.5) is 8.78 Å². The molecule has 0 bridgehead atoms. The number of nitrogens with two attached hydrogens (primary N) is 1. The third-order valence-electron chi connectivity index (χ3n) is 4.43. The lowest BCUT2D eigenvalue weighted by atomic mass is 9.90. The number of carbonyl (C=O) groups excluding carboxylic acids is 2. The molecule has 1 aromatic rings. The van der Waals surface area contributed by atoms with Crippen molar-refractivity contribution in [2.24, 2.45) is 11.1 Å². The molecule has 0 aliphatic carbocycles. The van der Waals surface area contributed by atoms with Crippen LogP contribution < -0.4 is 11.1 Å². The van der Waals surface area contributed by atoms with Crippen LogP contribution in [0.25, 0.3) is 0 Å². The van der Waals surface area contributed by atoms with Gasteiger partial charge in [0.15, 0.2) is 0 Å². The summed E-state index contributed by atoms with van der Waals surface area (Å²) in [6.07, 6.45) is 1.67. The van der Waals surface area contributed by atoms with Crippen molar-refractivity contribution in [1.29, 1.82) is 0 Å². The molecule has 0 radical (unpaired) electrons. The van der Waals surface area contributed by atoms with Gasteiger partial charge in [-0.25, -0.2) is 8.78 Å². The Morgan fingerprint density at radius 3 is 2.75 bits per heavy atom. The highest BCUT2D eigenvalue weighted by Gasteiger charge is 2.34. The van der Waals surface area contributed by atoms with E-state index in [1.807, 2.05) is 0 Å². The molecule has 1 heterocycles. The van der Waals surface area contributed by atoms with Gasteiger partial charge in [-0.2, -0.15) is 0 Å². The number of carbonyl (C=O) groups is 2. The summed E-state index contributed by atoms with van der Waals surface area (Å²) in [5.41, 5.74) is 5.51. The van der Waals surface area contributed by atoms with E-state index in [2.05, 4.69) is 12.2 Å². The highest BCUT2D eigenvalue weighted by molar-refractivity contribution is 5.94. The highest BCUT2D eigenvalue weighted by atomic mass is 19.1. The summed E-state index contributed by atoms with van der Waals surface area (Å²) in [5.74, 6) is -2.21. The highest BCUT2D eigenvalue weighted by Crippen LogP contribution is 2.28. The molecule has 0 spiro atoms. The fourth-order valence-electron chi connectivity index (χ4n) is 2.77. The van der Waals surface area contributed by atoms with Gasteiger partial charge >= 0.3 is 0 Å². The molecule has 1 unspecified atom stereocenters. The number of amides is 2. The molecule has 2 amide bonds. The minimum absolute atomic E-state index is 0.00993. The second kappa shape index (κ2) is 7.70. The Morgan fingerprint density at radius 2 is 2.12 bits per heavy atom. The number of nitrogens with one attached hydrogen (secondary N) is 1. The Kier molecular flexibility index (Phi) is 5.88. The van der Waals surface area contributed by atoms with Gasteiger partial charge in [-0.05, 0) is 36.9 Å². The maximum atomic E-state index is 13.5. The monoisotopic (exact) mass is 339 g/mol. The first-order valence-electron chi connectivity index (χ1n) is 8.06. The van der Waals surface area contributed by atoms with Crippen LogP contribution in [-0.2, 0) is 4.79 Å². The molecule has 1 saturated heterocycles. The van der Waals surface area contributed by atoms with Crippen molar-refractivity contribution in [3.63, 3.8) is 0 Å². The SMILES string of the molecule is CC1(CN)CCN(C(=O)CCCNC(=O)c2ccc(F)cc2F)C1. The van der Waals surface area contributed by atoms with Gasteiger partial charge in [-0.15, -0.1) is 0 Å². The molecule has 0 aromatic heterocycles. The smallest absolute Gasteiger partial charge is 0.254 e. The summed E-state index contributed by atoms with van der Waals surface area (Å²) in [7, 11) is 0. The Balaban J connectivity index is 1.73. The van der Waals surface area contributed by atoms with E-state index in [1.54, 1.807) is 4.90 Å². The fraction of sp³-hybridized carbons (Fsp3) is 0.529. The zero-order valence-corrected chi connectivity index (χ0v) is 13.8. The largest absolute Gasteiger partial charge is 0.352 e. The number of hydrogen-bond donors (Lipinski definition) is 2. The summed E-state index contributed by atoms with van der Waals surface area (Å²) in [4.78, 5) is 25.7. The summed E-state index contributed by atoms with van der Waals surface area (Å²) in [6.45, 7) is 4.24. The van der Waals surface area contributed by atoms with E-state index in [4.69, 9.17) is 5.73 Å². The van der Waals surface area contributed by atoms with Crippen LogP contribution in [-0.4, -0.2) is 42.9 Å². The van der Waals surface area contributed by atoms with Crippen molar-refractivity contribution in [3.8, 4) is 0 Å².